The highest BCUT2D eigenvalue weighted by molar-refractivity contribution is 6.59. The molecule has 0 saturated carbocycles. The van der Waals surface area contributed by atoms with Crippen molar-refractivity contribution in [3.8, 4) is 0 Å². The van der Waals surface area contributed by atoms with Crippen molar-refractivity contribution in [2.75, 3.05) is 19.8 Å². The van der Waals surface area contributed by atoms with Crippen LogP contribution in [0.2, 0.25) is 6.04 Å². The van der Waals surface area contributed by atoms with Crippen LogP contribution < -0.4 is 0 Å². The molecule has 0 aromatic heterocycles. The molecule has 0 amide bonds. The number of halogens is 5. The summed E-state index contributed by atoms with van der Waals surface area (Å²) in [7, 11) is -3.33. The maximum Gasteiger partial charge on any atom is 0.498 e. The van der Waals surface area contributed by atoms with Gasteiger partial charge >= 0.3 is 14.8 Å². The largest absolute Gasteiger partial charge is 0.498 e. The van der Waals surface area contributed by atoms with E-state index in [0.29, 0.717) is 6.42 Å². The normalized spacial score (nSPS) is 11.7. The minimum Gasteiger partial charge on any atom is -0.462 e. The lowest BCUT2D eigenvalue weighted by atomic mass is 10.1. The quantitative estimate of drug-likeness (QED) is 0.162. The first kappa shape index (κ1) is 22.5. The third-order valence-corrected chi connectivity index (χ3v) is 5.74. The van der Waals surface area contributed by atoms with Gasteiger partial charge in [0.15, 0.2) is 23.3 Å². The van der Waals surface area contributed by atoms with Crippen molar-refractivity contribution in [1.82, 2.24) is 0 Å². The average Bonchev–Trinajstić information content (AvgIpc) is 2.58. The fraction of sp³-hybridized carbons (Fsp3) is 0.533. The van der Waals surface area contributed by atoms with Gasteiger partial charge in [0.25, 0.3) is 0 Å². The molecular weight excluding hydrogens is 383 g/mol. The summed E-state index contributed by atoms with van der Waals surface area (Å²) in [5.74, 6) is -13.0. The van der Waals surface area contributed by atoms with Crippen LogP contribution in [0.15, 0.2) is 0 Å². The second kappa shape index (κ2) is 9.95. The minimum atomic E-state index is -3.33. The Kier molecular flexibility index (Phi) is 8.60. The Morgan fingerprint density at radius 1 is 0.885 bits per heavy atom. The van der Waals surface area contributed by atoms with Crippen molar-refractivity contribution in [2.45, 2.75) is 32.7 Å². The van der Waals surface area contributed by atoms with Crippen LogP contribution >= 0.6 is 0 Å². The first-order valence-corrected chi connectivity index (χ1v) is 9.84. The maximum absolute atomic E-state index is 13.5. The minimum absolute atomic E-state index is 0.161. The van der Waals surface area contributed by atoms with Crippen LogP contribution in [0.25, 0.3) is 0 Å². The molecule has 26 heavy (non-hydrogen) atoms. The third-order valence-electron chi connectivity index (χ3n) is 3.27. The third kappa shape index (κ3) is 5.46. The molecule has 0 spiro atoms. The number of benzene rings is 1. The summed E-state index contributed by atoms with van der Waals surface area (Å²) >= 11 is 0. The number of rotatable bonds is 10. The molecule has 0 aliphatic rings. The van der Waals surface area contributed by atoms with E-state index in [1.54, 1.807) is 13.8 Å². The summed E-state index contributed by atoms with van der Waals surface area (Å²) in [5.41, 5.74) is -1.64. The van der Waals surface area contributed by atoms with Crippen LogP contribution in [-0.2, 0) is 13.6 Å². The first-order valence-electron chi connectivity index (χ1n) is 7.87. The monoisotopic (exact) mass is 402 g/mol. The zero-order valence-electron chi connectivity index (χ0n) is 14.2. The highest BCUT2D eigenvalue weighted by Gasteiger charge is 2.35. The summed E-state index contributed by atoms with van der Waals surface area (Å²) in [6.07, 6.45) is 0.462. The number of esters is 1. The van der Waals surface area contributed by atoms with Crippen molar-refractivity contribution < 1.29 is 45.1 Å². The van der Waals surface area contributed by atoms with Gasteiger partial charge < -0.3 is 18.4 Å². The number of hydrogen-bond donors (Lipinski definition) is 1. The van der Waals surface area contributed by atoms with Gasteiger partial charge in [-0.05, 0) is 26.7 Å². The van der Waals surface area contributed by atoms with E-state index in [1.165, 1.54) is 0 Å². The number of hydrogen-bond acceptors (Lipinski definition) is 5. The van der Waals surface area contributed by atoms with E-state index in [-0.39, 0.29) is 32.3 Å². The summed E-state index contributed by atoms with van der Waals surface area (Å²) < 4.78 is 80.9. The van der Waals surface area contributed by atoms with E-state index in [0.717, 1.165) is 0 Å². The van der Waals surface area contributed by atoms with Gasteiger partial charge in [-0.2, -0.15) is 0 Å². The molecule has 0 saturated heterocycles. The molecule has 0 bridgehead atoms. The van der Waals surface area contributed by atoms with Gasteiger partial charge in [-0.25, -0.2) is 26.7 Å². The van der Waals surface area contributed by atoms with Crippen molar-refractivity contribution in [3.05, 3.63) is 34.6 Å². The maximum atomic E-state index is 13.5. The Labute approximate surface area is 148 Å². The molecule has 1 rings (SSSR count). The Morgan fingerprint density at radius 3 is 1.81 bits per heavy atom. The van der Waals surface area contributed by atoms with E-state index in [9.17, 15) is 31.5 Å². The molecule has 148 valence electrons. The second-order valence-corrected chi connectivity index (χ2v) is 7.62. The van der Waals surface area contributed by atoms with Gasteiger partial charge in [0.1, 0.15) is 5.56 Å². The predicted molar refractivity (Wildman–Crippen MR) is 81.8 cm³/mol. The Hall–Kier alpha value is -1.56. The highest BCUT2D eigenvalue weighted by Crippen LogP contribution is 2.23. The lowest BCUT2D eigenvalue weighted by Gasteiger charge is -2.22. The number of unbranched alkanes of at least 4 members (excludes halogenated alkanes) is 1. The van der Waals surface area contributed by atoms with Gasteiger partial charge in [0, 0.05) is 19.3 Å². The Balaban J connectivity index is 2.61. The lowest BCUT2D eigenvalue weighted by molar-refractivity contribution is 0.0483. The van der Waals surface area contributed by atoms with E-state index in [2.05, 4.69) is 4.74 Å². The highest BCUT2D eigenvalue weighted by atomic mass is 28.4. The zero-order chi connectivity index (χ0) is 19.9. The number of carbonyl (C=O) groups is 1. The summed E-state index contributed by atoms with van der Waals surface area (Å²) in [6, 6.07) is 0.161. The van der Waals surface area contributed by atoms with Gasteiger partial charge in [0.05, 0.1) is 6.61 Å². The molecule has 1 aromatic rings. The molecule has 0 heterocycles. The molecule has 0 radical (unpaired) electrons. The van der Waals surface area contributed by atoms with E-state index < -0.39 is 49.4 Å². The van der Waals surface area contributed by atoms with Crippen LogP contribution in [0.3, 0.4) is 0 Å². The number of carbonyl (C=O) groups excluding carboxylic acids is 1. The molecular formula is C15H19F5O5Si. The fourth-order valence-corrected chi connectivity index (χ4v) is 4.08. The SMILES string of the molecule is CCO[Si](O)(CCCCOC(=O)c1c(F)c(F)c(F)c(F)c1F)OCC. The molecule has 0 unspecified atom stereocenters. The molecule has 0 aliphatic heterocycles. The van der Waals surface area contributed by atoms with Gasteiger partial charge in [-0.3, -0.25) is 0 Å². The van der Waals surface area contributed by atoms with Gasteiger partial charge in [-0.1, -0.05) is 0 Å². The van der Waals surface area contributed by atoms with Crippen LogP contribution in [0.1, 0.15) is 37.0 Å². The molecule has 0 atom stereocenters. The molecule has 0 aliphatic carbocycles. The molecule has 1 aromatic carbocycles. The Bertz CT molecular complexity index is 608. The van der Waals surface area contributed by atoms with Crippen molar-refractivity contribution in [2.24, 2.45) is 0 Å². The molecule has 11 heteroatoms. The van der Waals surface area contributed by atoms with E-state index in [4.69, 9.17) is 8.85 Å². The van der Waals surface area contributed by atoms with Crippen LogP contribution in [-0.4, -0.2) is 39.4 Å². The molecule has 0 fully saturated rings. The summed E-state index contributed by atoms with van der Waals surface area (Å²) in [5, 5.41) is 0. The number of ether oxygens (including phenoxy) is 1. The van der Waals surface area contributed by atoms with E-state index in [1.807, 2.05) is 0 Å². The van der Waals surface area contributed by atoms with Crippen molar-refractivity contribution in [1.29, 1.82) is 0 Å². The summed E-state index contributed by atoms with van der Waals surface area (Å²) in [4.78, 5) is 21.7. The molecule has 1 N–H and O–H groups in total. The zero-order valence-corrected chi connectivity index (χ0v) is 15.2. The van der Waals surface area contributed by atoms with Gasteiger partial charge in [-0.15, -0.1) is 0 Å². The van der Waals surface area contributed by atoms with Crippen LogP contribution in [0, 0.1) is 29.1 Å². The summed E-state index contributed by atoms with van der Waals surface area (Å²) in [6.45, 7) is 3.52. The van der Waals surface area contributed by atoms with Gasteiger partial charge in [0.2, 0.25) is 5.82 Å². The fourth-order valence-electron chi connectivity index (χ4n) is 2.11. The lowest BCUT2D eigenvalue weighted by Crippen LogP contribution is -2.42. The Morgan fingerprint density at radius 2 is 1.35 bits per heavy atom. The smallest absolute Gasteiger partial charge is 0.462 e. The van der Waals surface area contributed by atoms with Crippen LogP contribution in [0.4, 0.5) is 22.0 Å². The first-order chi connectivity index (χ1) is 12.2. The molecule has 5 nitrogen and oxygen atoms in total. The second-order valence-electron chi connectivity index (χ2n) is 5.12. The van der Waals surface area contributed by atoms with E-state index >= 15 is 0 Å². The average molecular weight is 402 g/mol. The van der Waals surface area contributed by atoms with Crippen LogP contribution in [0.5, 0.6) is 0 Å². The van der Waals surface area contributed by atoms with Crippen molar-refractivity contribution >= 4 is 14.8 Å². The standard InChI is InChI=1S/C15H19F5O5Si/c1-3-24-26(22,25-4-2)8-6-5-7-23-15(21)9-10(16)12(18)14(20)13(19)11(9)17/h22H,3-8H2,1-2H3. The van der Waals surface area contributed by atoms with Crippen molar-refractivity contribution in [3.63, 3.8) is 0 Å². The topological polar surface area (TPSA) is 65.0 Å². The predicted octanol–water partition coefficient (Wildman–Crippen LogP) is 3.32.